The Kier molecular flexibility index (Phi) is 5.28. The molecular weight excluding hydrogens is 607 g/mol. The minimum Gasteiger partial charge on any atom is -0.456 e. The first-order chi connectivity index (χ1) is 24.3. The third-order valence-electron chi connectivity index (χ3n) is 12.0. The summed E-state index contributed by atoms with van der Waals surface area (Å²) >= 11 is 0. The van der Waals surface area contributed by atoms with Gasteiger partial charge in [-0.05, 0) is 90.8 Å². The molecule has 0 atom stereocenters. The van der Waals surface area contributed by atoms with E-state index in [9.17, 15) is 0 Å². The maximum absolute atomic E-state index is 6.75. The first-order valence-electron chi connectivity index (χ1n) is 17.7. The van der Waals surface area contributed by atoms with E-state index in [-0.39, 0.29) is 10.8 Å². The highest BCUT2D eigenvalue weighted by Gasteiger charge is 2.39. The predicted octanol–water partition coefficient (Wildman–Crippen LogP) is 13.4. The Labute approximate surface area is 291 Å². The van der Waals surface area contributed by atoms with Crippen LogP contribution in [0.15, 0.2) is 144 Å². The molecule has 0 bridgehead atoms. The molecule has 0 fully saturated rings. The predicted molar refractivity (Wildman–Crippen MR) is 210 cm³/mol. The van der Waals surface area contributed by atoms with Crippen LogP contribution >= 0.6 is 0 Å². The number of rotatable bonds is 3. The minimum atomic E-state index is -0.120. The first kappa shape index (κ1) is 28.0. The quantitative estimate of drug-likeness (QED) is 0.179. The zero-order valence-corrected chi connectivity index (χ0v) is 28.6. The van der Waals surface area contributed by atoms with E-state index in [0.29, 0.717) is 0 Å². The number of nitrogens with zero attached hydrogens (tertiary/aromatic N) is 1. The summed E-state index contributed by atoms with van der Waals surface area (Å²) in [5.74, 6) is 0. The van der Waals surface area contributed by atoms with Crippen molar-refractivity contribution in [1.29, 1.82) is 0 Å². The molecule has 0 radical (unpaired) electrons. The summed E-state index contributed by atoms with van der Waals surface area (Å²) in [7, 11) is 0. The Morgan fingerprint density at radius 2 is 1.02 bits per heavy atom. The lowest BCUT2D eigenvalue weighted by Crippen LogP contribution is -2.17. The normalized spacial score (nSPS) is 15.1. The molecule has 2 aliphatic rings. The zero-order valence-electron chi connectivity index (χ0n) is 28.6. The van der Waals surface area contributed by atoms with Crippen molar-refractivity contribution >= 4 is 60.5 Å². The second kappa shape index (κ2) is 9.43. The van der Waals surface area contributed by atoms with Gasteiger partial charge < -0.3 is 9.32 Å². The van der Waals surface area contributed by atoms with Crippen LogP contribution in [0.3, 0.4) is 0 Å². The Balaban J connectivity index is 1.25. The average Bonchev–Trinajstić information content (AvgIpc) is 3.72. The molecule has 8 aromatic carbocycles. The number of fused-ring (bicyclic) bond motifs is 9. The average molecular weight is 642 g/mol. The lowest BCUT2D eigenvalue weighted by molar-refractivity contribution is 0.660. The molecule has 1 heterocycles. The molecule has 2 heteroatoms. The van der Waals surface area contributed by atoms with Crippen LogP contribution in [0.25, 0.3) is 65.7 Å². The van der Waals surface area contributed by atoms with Gasteiger partial charge in [-0.1, -0.05) is 131 Å². The number of hydrogen-bond donors (Lipinski definition) is 0. The summed E-state index contributed by atoms with van der Waals surface area (Å²) in [5.41, 5.74) is 15.8. The largest absolute Gasteiger partial charge is 0.456 e. The molecule has 0 amide bonds. The van der Waals surface area contributed by atoms with Gasteiger partial charge in [0.25, 0.3) is 0 Å². The van der Waals surface area contributed by atoms with Crippen molar-refractivity contribution < 1.29 is 4.42 Å². The van der Waals surface area contributed by atoms with Crippen LogP contribution in [-0.2, 0) is 10.8 Å². The number of benzene rings is 8. The second-order valence-corrected chi connectivity index (χ2v) is 15.3. The van der Waals surface area contributed by atoms with Gasteiger partial charge >= 0.3 is 0 Å². The van der Waals surface area contributed by atoms with Crippen molar-refractivity contribution in [3.8, 4) is 22.3 Å². The highest BCUT2D eigenvalue weighted by Crippen LogP contribution is 2.56. The van der Waals surface area contributed by atoms with Crippen LogP contribution in [0.2, 0.25) is 0 Å². The van der Waals surface area contributed by atoms with Crippen molar-refractivity contribution in [1.82, 2.24) is 0 Å². The van der Waals surface area contributed by atoms with E-state index in [2.05, 4.69) is 172 Å². The van der Waals surface area contributed by atoms with Gasteiger partial charge in [0, 0.05) is 38.9 Å². The summed E-state index contributed by atoms with van der Waals surface area (Å²) in [6, 6.07) is 51.8. The number of hydrogen-bond acceptors (Lipinski definition) is 2. The summed E-state index contributed by atoms with van der Waals surface area (Å²) < 4.78 is 6.75. The monoisotopic (exact) mass is 641 g/mol. The molecular formula is C48H35NO. The van der Waals surface area contributed by atoms with E-state index in [1.54, 1.807) is 0 Å². The molecule has 0 spiro atoms. The van der Waals surface area contributed by atoms with Crippen LogP contribution in [0.5, 0.6) is 0 Å². The van der Waals surface area contributed by atoms with E-state index in [1.807, 2.05) is 0 Å². The van der Waals surface area contributed by atoms with E-state index < -0.39 is 0 Å². The van der Waals surface area contributed by atoms with Gasteiger partial charge in [-0.3, -0.25) is 0 Å². The fraction of sp³-hybridized carbons (Fsp3) is 0.125. The number of furan rings is 1. The van der Waals surface area contributed by atoms with Crippen LogP contribution < -0.4 is 4.90 Å². The Bertz CT molecular complexity index is 2880. The highest BCUT2D eigenvalue weighted by atomic mass is 16.3. The van der Waals surface area contributed by atoms with Gasteiger partial charge in [-0.25, -0.2) is 0 Å². The van der Waals surface area contributed by atoms with Crippen LogP contribution in [0, 0.1) is 0 Å². The maximum atomic E-state index is 6.75. The van der Waals surface area contributed by atoms with Crippen LogP contribution in [0.1, 0.15) is 49.9 Å². The smallest absolute Gasteiger partial charge is 0.138 e. The maximum Gasteiger partial charge on any atom is 0.138 e. The Hall–Kier alpha value is -5.86. The molecule has 0 saturated carbocycles. The number of anilines is 3. The molecule has 11 rings (SSSR count). The van der Waals surface area contributed by atoms with Crippen molar-refractivity contribution in [2.45, 2.75) is 38.5 Å². The van der Waals surface area contributed by atoms with Crippen molar-refractivity contribution in [3.05, 3.63) is 162 Å². The van der Waals surface area contributed by atoms with Crippen LogP contribution in [0.4, 0.5) is 17.1 Å². The lowest BCUT2D eigenvalue weighted by atomic mass is 9.82. The van der Waals surface area contributed by atoms with Gasteiger partial charge in [-0.2, -0.15) is 0 Å². The molecule has 238 valence electrons. The van der Waals surface area contributed by atoms with Crippen molar-refractivity contribution in [2.24, 2.45) is 0 Å². The first-order valence-corrected chi connectivity index (χ1v) is 17.7. The van der Waals surface area contributed by atoms with Gasteiger partial charge in [-0.15, -0.1) is 0 Å². The summed E-state index contributed by atoms with van der Waals surface area (Å²) in [5, 5.41) is 7.38. The van der Waals surface area contributed by atoms with Crippen molar-refractivity contribution in [3.63, 3.8) is 0 Å². The van der Waals surface area contributed by atoms with E-state index in [0.717, 1.165) is 22.5 Å². The molecule has 0 unspecified atom stereocenters. The molecule has 1 aromatic heterocycles. The zero-order chi connectivity index (χ0) is 33.5. The summed E-state index contributed by atoms with van der Waals surface area (Å²) in [6.07, 6.45) is 0. The summed E-state index contributed by atoms with van der Waals surface area (Å²) in [6.45, 7) is 9.45. The van der Waals surface area contributed by atoms with Crippen LogP contribution in [-0.4, -0.2) is 0 Å². The van der Waals surface area contributed by atoms with Gasteiger partial charge in [0.1, 0.15) is 11.2 Å². The molecule has 0 N–H and O–H groups in total. The van der Waals surface area contributed by atoms with Gasteiger partial charge in [0.05, 0.1) is 11.4 Å². The molecule has 0 saturated heterocycles. The Morgan fingerprint density at radius 1 is 0.420 bits per heavy atom. The van der Waals surface area contributed by atoms with Gasteiger partial charge in [0.2, 0.25) is 0 Å². The third-order valence-corrected chi connectivity index (χ3v) is 12.0. The minimum absolute atomic E-state index is 0.112. The lowest BCUT2D eigenvalue weighted by Gasteiger charge is -2.30. The molecule has 2 nitrogen and oxygen atoms in total. The van der Waals surface area contributed by atoms with Gasteiger partial charge in [0.15, 0.2) is 0 Å². The molecule has 50 heavy (non-hydrogen) atoms. The highest BCUT2D eigenvalue weighted by molar-refractivity contribution is 6.33. The second-order valence-electron chi connectivity index (χ2n) is 15.3. The fourth-order valence-electron chi connectivity index (χ4n) is 9.63. The molecule has 9 aromatic rings. The van der Waals surface area contributed by atoms with E-state index in [4.69, 9.17) is 4.42 Å². The molecule has 2 aliphatic carbocycles. The van der Waals surface area contributed by atoms with Crippen molar-refractivity contribution in [2.75, 3.05) is 4.90 Å². The Morgan fingerprint density at radius 3 is 1.84 bits per heavy atom. The standard InChI is InChI=1S/C48H35NO/c1-47(2)38-19-10-8-16-35(38)44-39(47)20-12-21-41(44)49(28-23-24-33-32-15-7-9-18-37(32)48(3,4)40(33)26-28)29-25-36-31-14-6-5-13-30(31)34-17-11-22-42-45(34)46(36)43(27-29)50-42/h5-27H,1-4H3. The van der Waals surface area contributed by atoms with E-state index >= 15 is 0 Å². The fourth-order valence-corrected chi connectivity index (χ4v) is 9.63. The van der Waals surface area contributed by atoms with E-state index in [1.165, 1.54) is 82.5 Å². The SMILES string of the molecule is CC1(C)c2ccccc2-c2ccc(N(c3cc4oc5cccc6c7ccccc7c(c3)c4c56)c3cccc4c3-c3ccccc3C4(C)C)cc21. The third kappa shape index (κ3) is 3.43. The topological polar surface area (TPSA) is 16.4 Å². The molecule has 0 aliphatic heterocycles. The summed E-state index contributed by atoms with van der Waals surface area (Å²) in [4.78, 5) is 2.50.